The zero-order valence-electron chi connectivity index (χ0n) is 11.0. The molecular formula is C14H18N2O2. The topological polar surface area (TPSA) is 53.3 Å². The van der Waals surface area contributed by atoms with E-state index < -0.39 is 6.04 Å². The van der Waals surface area contributed by atoms with Crippen LogP contribution in [0.25, 0.3) is 0 Å². The Morgan fingerprint density at radius 3 is 2.89 bits per heavy atom. The van der Waals surface area contributed by atoms with E-state index in [0.29, 0.717) is 17.9 Å². The predicted octanol–water partition coefficient (Wildman–Crippen LogP) is 2.46. The number of amides is 1. The Morgan fingerprint density at radius 2 is 2.28 bits per heavy atom. The zero-order valence-corrected chi connectivity index (χ0v) is 11.0. The number of rotatable bonds is 5. The summed E-state index contributed by atoms with van der Waals surface area (Å²) in [6.07, 6.45) is 0.920. The van der Waals surface area contributed by atoms with Crippen LogP contribution in [0.15, 0.2) is 24.3 Å². The van der Waals surface area contributed by atoms with E-state index in [2.05, 4.69) is 0 Å². The smallest absolute Gasteiger partial charge is 0.254 e. The minimum Gasteiger partial charge on any atom is -0.494 e. The van der Waals surface area contributed by atoms with Gasteiger partial charge in [-0.2, -0.15) is 5.26 Å². The molecule has 1 unspecified atom stereocenters. The lowest BCUT2D eigenvalue weighted by Gasteiger charge is -2.19. The Labute approximate surface area is 108 Å². The Kier molecular flexibility index (Phi) is 5.19. The molecule has 0 radical (unpaired) electrons. The van der Waals surface area contributed by atoms with Crippen LogP contribution in [0, 0.1) is 11.3 Å². The number of nitriles is 1. The van der Waals surface area contributed by atoms with Gasteiger partial charge >= 0.3 is 0 Å². The van der Waals surface area contributed by atoms with Crippen molar-refractivity contribution in [2.24, 2.45) is 0 Å². The van der Waals surface area contributed by atoms with Crippen LogP contribution < -0.4 is 4.74 Å². The van der Waals surface area contributed by atoms with E-state index in [1.807, 2.05) is 19.1 Å². The highest BCUT2D eigenvalue weighted by Gasteiger charge is 2.17. The largest absolute Gasteiger partial charge is 0.494 e. The monoisotopic (exact) mass is 246 g/mol. The molecule has 96 valence electrons. The summed E-state index contributed by atoms with van der Waals surface area (Å²) < 4.78 is 5.48. The third-order valence-corrected chi connectivity index (χ3v) is 2.64. The molecule has 0 saturated heterocycles. The second-order valence-electron chi connectivity index (χ2n) is 4.10. The van der Waals surface area contributed by atoms with E-state index in [9.17, 15) is 4.79 Å². The summed E-state index contributed by atoms with van der Waals surface area (Å²) in [5.74, 6) is 0.506. The van der Waals surface area contributed by atoms with Crippen LogP contribution in [-0.2, 0) is 0 Å². The van der Waals surface area contributed by atoms with Gasteiger partial charge in [-0.25, -0.2) is 0 Å². The van der Waals surface area contributed by atoms with Gasteiger partial charge in [0.05, 0.1) is 12.7 Å². The summed E-state index contributed by atoms with van der Waals surface area (Å²) in [4.78, 5) is 13.5. The maximum atomic E-state index is 12.1. The summed E-state index contributed by atoms with van der Waals surface area (Å²) in [5, 5.41) is 8.80. The van der Waals surface area contributed by atoms with Gasteiger partial charge < -0.3 is 9.64 Å². The van der Waals surface area contributed by atoms with Gasteiger partial charge in [0.25, 0.3) is 5.91 Å². The molecule has 0 heterocycles. The van der Waals surface area contributed by atoms with Crippen LogP contribution in [0.4, 0.5) is 0 Å². The molecule has 0 aromatic heterocycles. The number of nitrogens with zero attached hydrogens (tertiary/aromatic N) is 2. The normalized spacial score (nSPS) is 11.4. The van der Waals surface area contributed by atoms with Crippen molar-refractivity contribution in [1.29, 1.82) is 5.26 Å². The Hall–Kier alpha value is -2.02. The fourth-order valence-electron chi connectivity index (χ4n) is 1.40. The standard InChI is InChI=1S/C14H18N2O2/c1-4-8-18-13-7-5-6-12(9-13)14(17)16(3)11(2)10-15/h5-7,9,11H,4,8H2,1-3H3. The van der Waals surface area contributed by atoms with Crippen LogP contribution in [-0.4, -0.2) is 30.5 Å². The van der Waals surface area contributed by atoms with Crippen molar-refractivity contribution in [3.05, 3.63) is 29.8 Å². The highest BCUT2D eigenvalue weighted by molar-refractivity contribution is 5.94. The van der Waals surface area contributed by atoms with E-state index in [0.717, 1.165) is 6.42 Å². The van der Waals surface area contributed by atoms with Gasteiger partial charge in [0.15, 0.2) is 0 Å². The molecule has 0 aliphatic carbocycles. The summed E-state index contributed by atoms with van der Waals surface area (Å²) in [5.41, 5.74) is 0.535. The first-order valence-corrected chi connectivity index (χ1v) is 5.99. The minimum absolute atomic E-state index is 0.175. The Morgan fingerprint density at radius 1 is 1.56 bits per heavy atom. The third kappa shape index (κ3) is 3.49. The molecular weight excluding hydrogens is 228 g/mol. The number of ether oxygens (including phenoxy) is 1. The Bertz CT molecular complexity index is 451. The van der Waals surface area contributed by atoms with Gasteiger partial charge in [-0.1, -0.05) is 13.0 Å². The number of hydrogen-bond acceptors (Lipinski definition) is 3. The molecule has 4 heteroatoms. The molecule has 0 bridgehead atoms. The predicted molar refractivity (Wildman–Crippen MR) is 69.4 cm³/mol. The molecule has 0 aliphatic heterocycles. The van der Waals surface area contributed by atoms with Crippen molar-refractivity contribution < 1.29 is 9.53 Å². The van der Waals surface area contributed by atoms with E-state index in [1.165, 1.54) is 4.90 Å². The van der Waals surface area contributed by atoms with Crippen LogP contribution in [0.5, 0.6) is 5.75 Å². The van der Waals surface area contributed by atoms with Crippen LogP contribution in [0.2, 0.25) is 0 Å². The van der Waals surface area contributed by atoms with Crippen molar-refractivity contribution >= 4 is 5.91 Å². The fraction of sp³-hybridized carbons (Fsp3) is 0.429. The highest BCUT2D eigenvalue weighted by atomic mass is 16.5. The van der Waals surface area contributed by atoms with E-state index in [4.69, 9.17) is 10.00 Å². The maximum Gasteiger partial charge on any atom is 0.254 e. The first kappa shape index (κ1) is 14.0. The molecule has 0 saturated carbocycles. The molecule has 0 fully saturated rings. The van der Waals surface area contributed by atoms with Crippen molar-refractivity contribution in [3.63, 3.8) is 0 Å². The molecule has 18 heavy (non-hydrogen) atoms. The quantitative estimate of drug-likeness (QED) is 0.802. The lowest BCUT2D eigenvalue weighted by Crippen LogP contribution is -2.34. The average Bonchev–Trinajstić information content (AvgIpc) is 2.42. The summed E-state index contributed by atoms with van der Waals surface area (Å²) in [6.45, 7) is 4.34. The summed E-state index contributed by atoms with van der Waals surface area (Å²) in [7, 11) is 1.62. The Balaban J connectivity index is 2.83. The van der Waals surface area contributed by atoms with Gasteiger partial charge in [-0.3, -0.25) is 4.79 Å². The SMILES string of the molecule is CCCOc1cccc(C(=O)N(C)C(C)C#N)c1. The average molecular weight is 246 g/mol. The molecule has 4 nitrogen and oxygen atoms in total. The second-order valence-corrected chi connectivity index (χ2v) is 4.10. The van der Waals surface area contributed by atoms with Crippen LogP contribution >= 0.6 is 0 Å². The lowest BCUT2D eigenvalue weighted by molar-refractivity contribution is 0.0772. The van der Waals surface area contributed by atoms with Crippen molar-refractivity contribution in [1.82, 2.24) is 4.90 Å². The van der Waals surface area contributed by atoms with Gasteiger partial charge in [-0.05, 0) is 31.5 Å². The number of carbonyl (C=O) groups is 1. The molecule has 0 aliphatic rings. The third-order valence-electron chi connectivity index (χ3n) is 2.64. The van der Waals surface area contributed by atoms with Crippen molar-refractivity contribution in [3.8, 4) is 11.8 Å². The second kappa shape index (κ2) is 6.65. The molecule has 1 atom stereocenters. The van der Waals surface area contributed by atoms with Gasteiger partial charge in [0, 0.05) is 12.6 Å². The zero-order chi connectivity index (χ0) is 13.5. The molecule has 1 aromatic carbocycles. The molecule has 0 N–H and O–H groups in total. The van der Waals surface area contributed by atoms with Crippen LogP contribution in [0.1, 0.15) is 30.6 Å². The van der Waals surface area contributed by atoms with Crippen molar-refractivity contribution in [2.45, 2.75) is 26.3 Å². The summed E-state index contributed by atoms with van der Waals surface area (Å²) in [6, 6.07) is 8.62. The fourth-order valence-corrected chi connectivity index (χ4v) is 1.40. The molecule has 1 rings (SSSR count). The van der Waals surface area contributed by atoms with Crippen molar-refractivity contribution in [2.75, 3.05) is 13.7 Å². The number of carbonyl (C=O) groups excluding carboxylic acids is 1. The maximum absolute atomic E-state index is 12.1. The van der Waals surface area contributed by atoms with Crippen LogP contribution in [0.3, 0.4) is 0 Å². The molecule has 1 aromatic rings. The van der Waals surface area contributed by atoms with Gasteiger partial charge in [-0.15, -0.1) is 0 Å². The first-order chi connectivity index (χ1) is 8.60. The van der Waals surface area contributed by atoms with Gasteiger partial charge in [0.2, 0.25) is 0 Å². The van der Waals surface area contributed by atoms with Gasteiger partial charge in [0.1, 0.15) is 11.8 Å². The lowest BCUT2D eigenvalue weighted by atomic mass is 10.1. The highest BCUT2D eigenvalue weighted by Crippen LogP contribution is 2.15. The number of hydrogen-bond donors (Lipinski definition) is 0. The minimum atomic E-state index is -0.447. The van der Waals surface area contributed by atoms with E-state index in [-0.39, 0.29) is 5.91 Å². The molecule has 0 spiro atoms. The van der Waals surface area contributed by atoms with E-state index >= 15 is 0 Å². The summed E-state index contributed by atoms with van der Waals surface area (Å²) >= 11 is 0. The number of benzene rings is 1. The first-order valence-electron chi connectivity index (χ1n) is 5.99. The molecule has 1 amide bonds. The van der Waals surface area contributed by atoms with E-state index in [1.54, 1.807) is 32.2 Å².